The van der Waals surface area contributed by atoms with Gasteiger partial charge in [-0.05, 0) is 31.0 Å². The first-order valence-electron chi connectivity index (χ1n) is 6.05. The summed E-state index contributed by atoms with van der Waals surface area (Å²) in [5.41, 5.74) is 5.44. The number of aliphatic hydroxyl groups is 1. The van der Waals surface area contributed by atoms with Crippen molar-refractivity contribution in [3.63, 3.8) is 0 Å². The lowest BCUT2D eigenvalue weighted by molar-refractivity contribution is 0.0839. The van der Waals surface area contributed by atoms with Crippen LogP contribution in [0.25, 0.3) is 0 Å². The molecule has 1 aliphatic rings. The second-order valence-corrected chi connectivity index (χ2v) is 4.83. The molecule has 4 N–H and O–H groups in total. The molecule has 1 aliphatic carbocycles. The zero-order valence-corrected chi connectivity index (χ0v) is 10.1. The topological polar surface area (TPSA) is 75.4 Å². The third kappa shape index (κ3) is 2.46. The van der Waals surface area contributed by atoms with Crippen molar-refractivity contribution in [2.75, 3.05) is 12.3 Å². The Labute approximate surface area is 105 Å². The maximum Gasteiger partial charge on any atom is 0.253 e. The lowest BCUT2D eigenvalue weighted by Gasteiger charge is -2.28. The number of hydrogen-bond donors (Lipinski definition) is 3. The standard InChI is InChI=1S/C13H17FN2O2/c14-9-3-4-11(15)10(7-9)12(18)16-13(8-17)5-1-2-6-13/h3-4,7,17H,1-2,5-6,8,15H2,(H,16,18). The smallest absolute Gasteiger partial charge is 0.253 e. The van der Waals surface area contributed by atoms with Crippen LogP contribution < -0.4 is 11.1 Å². The van der Waals surface area contributed by atoms with Crippen LogP contribution >= 0.6 is 0 Å². The molecule has 0 heterocycles. The van der Waals surface area contributed by atoms with Crippen LogP contribution in [0.2, 0.25) is 0 Å². The van der Waals surface area contributed by atoms with Gasteiger partial charge in [0.1, 0.15) is 5.82 Å². The van der Waals surface area contributed by atoms with Crippen molar-refractivity contribution in [1.29, 1.82) is 0 Å². The fraction of sp³-hybridized carbons (Fsp3) is 0.462. The molecule has 0 atom stereocenters. The van der Waals surface area contributed by atoms with Crippen LogP contribution in [0.15, 0.2) is 18.2 Å². The zero-order chi connectivity index (χ0) is 13.2. The molecule has 0 spiro atoms. The quantitative estimate of drug-likeness (QED) is 0.712. The highest BCUT2D eigenvalue weighted by Gasteiger charge is 2.35. The predicted octanol–water partition coefficient (Wildman–Crippen LogP) is 1.44. The minimum atomic E-state index is -0.574. The number of hydrogen-bond acceptors (Lipinski definition) is 3. The number of nitrogen functional groups attached to an aromatic ring is 1. The van der Waals surface area contributed by atoms with E-state index < -0.39 is 17.3 Å². The van der Waals surface area contributed by atoms with Crippen molar-refractivity contribution < 1.29 is 14.3 Å². The molecule has 18 heavy (non-hydrogen) atoms. The SMILES string of the molecule is Nc1ccc(F)cc1C(=O)NC1(CO)CCCC1. The number of aliphatic hydroxyl groups excluding tert-OH is 1. The molecule has 2 rings (SSSR count). The van der Waals surface area contributed by atoms with Gasteiger partial charge in [0.15, 0.2) is 0 Å². The van der Waals surface area contributed by atoms with Gasteiger partial charge in [0.05, 0.1) is 17.7 Å². The highest BCUT2D eigenvalue weighted by atomic mass is 19.1. The Morgan fingerprint density at radius 2 is 2.11 bits per heavy atom. The summed E-state index contributed by atoms with van der Waals surface area (Å²) in [7, 11) is 0. The van der Waals surface area contributed by atoms with Gasteiger partial charge in [-0.2, -0.15) is 0 Å². The van der Waals surface area contributed by atoms with E-state index in [1.54, 1.807) is 0 Å². The Hall–Kier alpha value is -1.62. The Balaban J connectivity index is 2.18. The Bertz CT molecular complexity index is 456. The average molecular weight is 252 g/mol. The number of nitrogens with two attached hydrogens (primary N) is 1. The molecule has 98 valence electrons. The molecule has 1 saturated carbocycles. The number of carbonyl (C=O) groups is 1. The molecule has 0 unspecified atom stereocenters. The maximum atomic E-state index is 13.1. The first-order valence-corrected chi connectivity index (χ1v) is 6.05. The normalized spacial score (nSPS) is 17.7. The van der Waals surface area contributed by atoms with E-state index in [1.165, 1.54) is 12.1 Å². The maximum absolute atomic E-state index is 13.1. The molecule has 4 nitrogen and oxygen atoms in total. The lowest BCUT2D eigenvalue weighted by atomic mass is 9.98. The summed E-state index contributed by atoms with van der Waals surface area (Å²) in [6.45, 7) is -0.103. The molecule has 0 aromatic heterocycles. The lowest BCUT2D eigenvalue weighted by Crippen LogP contribution is -2.49. The summed E-state index contributed by atoms with van der Waals surface area (Å²) in [4.78, 5) is 12.1. The summed E-state index contributed by atoms with van der Waals surface area (Å²) in [6.07, 6.45) is 3.42. The molecular formula is C13H17FN2O2. The van der Waals surface area contributed by atoms with Gasteiger partial charge in [-0.3, -0.25) is 4.79 Å². The largest absolute Gasteiger partial charge is 0.398 e. The van der Waals surface area contributed by atoms with Gasteiger partial charge in [-0.25, -0.2) is 4.39 Å². The van der Waals surface area contributed by atoms with Crippen molar-refractivity contribution in [2.45, 2.75) is 31.2 Å². The molecule has 0 saturated heterocycles. The molecule has 1 amide bonds. The van der Waals surface area contributed by atoms with Crippen LogP contribution in [-0.4, -0.2) is 23.2 Å². The molecule has 1 aromatic carbocycles. The van der Waals surface area contributed by atoms with E-state index >= 15 is 0 Å². The average Bonchev–Trinajstić information content (AvgIpc) is 2.81. The summed E-state index contributed by atoms with van der Waals surface area (Å²) in [5.74, 6) is -0.929. The van der Waals surface area contributed by atoms with Gasteiger partial charge in [-0.1, -0.05) is 12.8 Å². The molecule has 1 fully saturated rings. The number of nitrogens with one attached hydrogen (secondary N) is 1. The second kappa shape index (κ2) is 4.94. The molecule has 5 heteroatoms. The van der Waals surface area contributed by atoms with E-state index in [0.717, 1.165) is 31.7 Å². The Morgan fingerprint density at radius 3 is 2.72 bits per heavy atom. The predicted molar refractivity (Wildman–Crippen MR) is 66.6 cm³/mol. The minimum absolute atomic E-state index is 0.103. The number of amides is 1. The minimum Gasteiger partial charge on any atom is -0.398 e. The fourth-order valence-electron chi connectivity index (χ4n) is 2.41. The molecule has 0 radical (unpaired) electrons. The van der Waals surface area contributed by atoms with Crippen LogP contribution in [0.5, 0.6) is 0 Å². The first kappa shape index (κ1) is 12.8. The zero-order valence-electron chi connectivity index (χ0n) is 10.1. The van der Waals surface area contributed by atoms with E-state index in [1.807, 2.05) is 0 Å². The van der Waals surface area contributed by atoms with Crippen LogP contribution in [0.3, 0.4) is 0 Å². The van der Waals surface area contributed by atoms with Gasteiger partial charge in [0, 0.05) is 5.69 Å². The van der Waals surface area contributed by atoms with Crippen molar-refractivity contribution >= 4 is 11.6 Å². The van der Waals surface area contributed by atoms with Gasteiger partial charge >= 0.3 is 0 Å². The van der Waals surface area contributed by atoms with Gasteiger partial charge in [-0.15, -0.1) is 0 Å². The van der Waals surface area contributed by atoms with E-state index in [-0.39, 0.29) is 17.9 Å². The number of halogens is 1. The van der Waals surface area contributed by atoms with E-state index in [0.29, 0.717) is 0 Å². The highest BCUT2D eigenvalue weighted by Crippen LogP contribution is 2.29. The van der Waals surface area contributed by atoms with Crippen LogP contribution in [-0.2, 0) is 0 Å². The van der Waals surface area contributed by atoms with Crippen molar-refractivity contribution in [3.05, 3.63) is 29.6 Å². The third-order valence-corrected chi connectivity index (χ3v) is 3.50. The Morgan fingerprint density at radius 1 is 1.44 bits per heavy atom. The summed E-state index contributed by atoms with van der Waals surface area (Å²) >= 11 is 0. The van der Waals surface area contributed by atoms with Crippen LogP contribution in [0.4, 0.5) is 10.1 Å². The number of benzene rings is 1. The fourth-order valence-corrected chi connectivity index (χ4v) is 2.41. The summed E-state index contributed by atoms with van der Waals surface area (Å²) in [5, 5.41) is 12.2. The van der Waals surface area contributed by atoms with E-state index in [2.05, 4.69) is 5.32 Å². The van der Waals surface area contributed by atoms with Gasteiger partial charge < -0.3 is 16.2 Å². The van der Waals surface area contributed by atoms with Crippen LogP contribution in [0.1, 0.15) is 36.0 Å². The number of rotatable bonds is 3. The monoisotopic (exact) mass is 252 g/mol. The van der Waals surface area contributed by atoms with Crippen LogP contribution in [0, 0.1) is 5.82 Å². The van der Waals surface area contributed by atoms with E-state index in [9.17, 15) is 14.3 Å². The van der Waals surface area contributed by atoms with Gasteiger partial charge in [0.25, 0.3) is 5.91 Å². The van der Waals surface area contributed by atoms with Crippen molar-refractivity contribution in [2.24, 2.45) is 0 Å². The third-order valence-electron chi connectivity index (χ3n) is 3.50. The molecule has 0 bridgehead atoms. The molecular weight excluding hydrogens is 235 g/mol. The number of carbonyl (C=O) groups excluding carboxylic acids is 1. The Kier molecular flexibility index (Phi) is 3.52. The molecule has 0 aliphatic heterocycles. The molecule has 1 aromatic rings. The second-order valence-electron chi connectivity index (χ2n) is 4.83. The number of anilines is 1. The summed E-state index contributed by atoms with van der Waals surface area (Å²) < 4.78 is 13.1. The van der Waals surface area contributed by atoms with Crippen molar-refractivity contribution in [1.82, 2.24) is 5.32 Å². The van der Waals surface area contributed by atoms with Crippen molar-refractivity contribution in [3.8, 4) is 0 Å². The summed E-state index contributed by atoms with van der Waals surface area (Å²) in [6, 6.07) is 3.69. The van der Waals surface area contributed by atoms with E-state index in [4.69, 9.17) is 5.73 Å². The first-order chi connectivity index (χ1) is 8.56. The highest BCUT2D eigenvalue weighted by molar-refractivity contribution is 5.99. The van der Waals surface area contributed by atoms with Gasteiger partial charge in [0.2, 0.25) is 0 Å².